The van der Waals surface area contributed by atoms with Gasteiger partial charge in [0.05, 0.1) is 20.1 Å². The maximum Gasteiger partial charge on any atom is 0.416 e. The Kier molecular flexibility index (Phi) is 9.66. The van der Waals surface area contributed by atoms with Gasteiger partial charge in [-0.2, -0.15) is 0 Å². The Morgan fingerprint density at radius 2 is 1.95 bits per heavy atom. The Labute approximate surface area is 236 Å². The zero-order valence-corrected chi connectivity index (χ0v) is 24.4. The maximum atomic E-state index is 14.4. The molecule has 1 atom stereocenters. The normalized spacial score (nSPS) is 16.6. The van der Waals surface area contributed by atoms with Crippen molar-refractivity contribution in [3.63, 3.8) is 0 Å². The lowest BCUT2D eigenvalue weighted by atomic mass is 9.89. The second-order valence-electron chi connectivity index (χ2n) is 11.7. The van der Waals surface area contributed by atoms with E-state index in [9.17, 15) is 14.0 Å². The molecule has 2 aliphatic rings. The quantitative estimate of drug-likeness (QED) is 0.339. The van der Waals surface area contributed by atoms with Crippen LogP contribution in [0.2, 0.25) is 0 Å². The number of carbonyl (C=O) groups is 2. The van der Waals surface area contributed by atoms with E-state index in [1.54, 1.807) is 17.9 Å². The summed E-state index contributed by atoms with van der Waals surface area (Å²) in [6, 6.07) is 8.80. The van der Waals surface area contributed by atoms with E-state index >= 15 is 0 Å². The van der Waals surface area contributed by atoms with Crippen molar-refractivity contribution in [3.05, 3.63) is 53.0 Å². The van der Waals surface area contributed by atoms with E-state index < -0.39 is 11.4 Å². The molecule has 1 aromatic heterocycles. The molecular weight excluding hydrogens is 513 g/mol. The van der Waals surface area contributed by atoms with Crippen LogP contribution in [0.3, 0.4) is 0 Å². The molecule has 0 N–H and O–H groups in total. The topological polar surface area (TPSA) is 81.2 Å². The number of ether oxygens (including phenoxy) is 3. The molecule has 1 aromatic carbocycles. The molecule has 218 valence electrons. The van der Waals surface area contributed by atoms with Gasteiger partial charge in [0.25, 0.3) is 0 Å². The van der Waals surface area contributed by atoms with Gasteiger partial charge in [-0.3, -0.25) is 14.6 Å². The zero-order valence-electron chi connectivity index (χ0n) is 24.4. The molecule has 0 saturated carbocycles. The molecule has 0 aliphatic carbocycles. The first-order chi connectivity index (χ1) is 19.1. The van der Waals surface area contributed by atoms with E-state index in [1.165, 1.54) is 13.2 Å². The Morgan fingerprint density at radius 3 is 2.62 bits per heavy atom. The highest BCUT2D eigenvalue weighted by atomic mass is 19.1. The number of fused-ring (bicyclic) bond motifs is 1. The van der Waals surface area contributed by atoms with Gasteiger partial charge in [0.2, 0.25) is 0 Å². The Balaban J connectivity index is 1.33. The minimum absolute atomic E-state index is 0.180. The highest BCUT2D eigenvalue weighted by molar-refractivity contribution is 5.88. The third-order valence-electron chi connectivity index (χ3n) is 7.41. The summed E-state index contributed by atoms with van der Waals surface area (Å²) in [5.74, 6) is 0.676. The fourth-order valence-electron chi connectivity index (χ4n) is 5.46. The molecule has 0 bridgehead atoms. The largest absolute Gasteiger partial charge is 0.494 e. The van der Waals surface area contributed by atoms with Crippen LogP contribution in [0.25, 0.3) is 0 Å². The molecule has 0 unspecified atom stereocenters. The second kappa shape index (κ2) is 13.0. The summed E-state index contributed by atoms with van der Waals surface area (Å²) >= 11 is 0. The summed E-state index contributed by atoms with van der Waals surface area (Å²) in [5, 5.41) is 0. The lowest BCUT2D eigenvalue weighted by Crippen LogP contribution is -2.49. The van der Waals surface area contributed by atoms with Crippen LogP contribution in [0, 0.1) is 11.7 Å². The molecule has 1 saturated heterocycles. The molecule has 2 aromatic rings. The second-order valence-corrected chi connectivity index (χ2v) is 11.7. The summed E-state index contributed by atoms with van der Waals surface area (Å²) in [5.41, 5.74) is 2.25. The summed E-state index contributed by atoms with van der Waals surface area (Å²) in [6.07, 6.45) is 4.45. The number of methoxy groups -OCH3 is 1. The molecule has 8 nitrogen and oxygen atoms in total. The third kappa shape index (κ3) is 7.50. The van der Waals surface area contributed by atoms with Gasteiger partial charge in [-0.1, -0.05) is 12.1 Å². The SMILES string of the molecule is CCOC(=O)C[C@@H](c1ccc(OC)c(F)c1)N1CC(CCCc2ccc3c(n2)N(C(=O)OC(C)(C)C)CCC3)C1. The van der Waals surface area contributed by atoms with E-state index in [0.717, 1.165) is 67.8 Å². The van der Waals surface area contributed by atoms with Gasteiger partial charge >= 0.3 is 12.1 Å². The van der Waals surface area contributed by atoms with E-state index in [0.29, 0.717) is 19.1 Å². The average Bonchev–Trinajstić information content (AvgIpc) is 2.87. The van der Waals surface area contributed by atoms with Gasteiger partial charge in [-0.15, -0.1) is 0 Å². The predicted octanol–water partition coefficient (Wildman–Crippen LogP) is 5.87. The first-order valence-corrected chi connectivity index (χ1v) is 14.3. The number of aromatic nitrogens is 1. The fourth-order valence-corrected chi connectivity index (χ4v) is 5.46. The zero-order chi connectivity index (χ0) is 28.9. The smallest absolute Gasteiger partial charge is 0.416 e. The molecular formula is C31H42FN3O5. The number of amides is 1. The third-order valence-corrected chi connectivity index (χ3v) is 7.41. The number of benzene rings is 1. The van der Waals surface area contributed by atoms with Crippen LogP contribution in [0.1, 0.15) is 76.2 Å². The number of hydrogen-bond acceptors (Lipinski definition) is 7. The van der Waals surface area contributed by atoms with Crippen LogP contribution in [0.15, 0.2) is 30.3 Å². The van der Waals surface area contributed by atoms with E-state index in [-0.39, 0.29) is 30.3 Å². The minimum Gasteiger partial charge on any atom is -0.494 e. The van der Waals surface area contributed by atoms with Crippen LogP contribution in [-0.2, 0) is 27.1 Å². The van der Waals surface area contributed by atoms with Crippen molar-refractivity contribution >= 4 is 17.9 Å². The highest BCUT2D eigenvalue weighted by Gasteiger charge is 2.35. The molecule has 1 fully saturated rings. The average molecular weight is 556 g/mol. The number of hydrogen-bond donors (Lipinski definition) is 0. The van der Waals surface area contributed by atoms with Gasteiger partial charge in [-0.05, 0) is 95.0 Å². The number of aryl methyl sites for hydroxylation is 2. The van der Waals surface area contributed by atoms with Crippen molar-refractivity contribution in [2.75, 3.05) is 38.3 Å². The van der Waals surface area contributed by atoms with Crippen LogP contribution >= 0.6 is 0 Å². The summed E-state index contributed by atoms with van der Waals surface area (Å²) < 4.78 is 30.3. The molecule has 0 radical (unpaired) electrons. The number of rotatable bonds is 10. The standard InChI is InChI=1S/C31H42FN3O5/c1-6-39-28(36)18-26(23-13-15-27(38-5)25(32)17-23)34-19-21(20-34)9-7-11-24-14-12-22-10-8-16-35(29(22)33-24)30(37)40-31(2,3)4/h12-15,17,21,26H,6-11,16,18-20H2,1-5H3/t26-/m0/s1. The first-order valence-electron chi connectivity index (χ1n) is 14.3. The summed E-state index contributed by atoms with van der Waals surface area (Å²) in [4.78, 5) is 33.9. The first kappa shape index (κ1) is 29.8. The van der Waals surface area contributed by atoms with Crippen molar-refractivity contribution in [2.45, 2.75) is 77.9 Å². The van der Waals surface area contributed by atoms with Crippen molar-refractivity contribution in [1.82, 2.24) is 9.88 Å². The molecule has 1 amide bonds. The van der Waals surface area contributed by atoms with Crippen molar-refractivity contribution in [3.8, 4) is 5.75 Å². The van der Waals surface area contributed by atoms with E-state index in [1.807, 2.05) is 26.8 Å². The van der Waals surface area contributed by atoms with Crippen LogP contribution in [0.4, 0.5) is 15.0 Å². The van der Waals surface area contributed by atoms with Crippen LogP contribution in [0.5, 0.6) is 5.75 Å². The Morgan fingerprint density at radius 1 is 1.18 bits per heavy atom. The van der Waals surface area contributed by atoms with Gasteiger partial charge < -0.3 is 14.2 Å². The fraction of sp³-hybridized carbons (Fsp3) is 0.581. The summed E-state index contributed by atoms with van der Waals surface area (Å²) in [7, 11) is 1.44. The van der Waals surface area contributed by atoms with Gasteiger partial charge in [0.1, 0.15) is 11.4 Å². The molecule has 3 heterocycles. The number of pyridine rings is 1. The number of halogens is 1. The van der Waals surface area contributed by atoms with E-state index in [4.69, 9.17) is 19.2 Å². The number of likely N-dealkylation sites (tertiary alicyclic amines) is 1. The molecule has 0 spiro atoms. The number of carbonyl (C=O) groups excluding carboxylic acids is 2. The molecule has 2 aliphatic heterocycles. The van der Waals surface area contributed by atoms with Gasteiger partial charge in [-0.25, -0.2) is 14.2 Å². The van der Waals surface area contributed by atoms with E-state index in [2.05, 4.69) is 17.0 Å². The maximum absolute atomic E-state index is 14.4. The monoisotopic (exact) mass is 555 g/mol. The number of nitrogens with zero attached hydrogens (tertiary/aromatic N) is 3. The van der Waals surface area contributed by atoms with Gasteiger partial charge in [0, 0.05) is 31.4 Å². The lowest BCUT2D eigenvalue weighted by molar-refractivity contribution is -0.145. The molecule has 4 rings (SSSR count). The highest BCUT2D eigenvalue weighted by Crippen LogP contribution is 2.35. The lowest BCUT2D eigenvalue weighted by Gasteiger charge is -2.44. The van der Waals surface area contributed by atoms with Crippen molar-refractivity contribution in [2.24, 2.45) is 5.92 Å². The minimum atomic E-state index is -0.556. The van der Waals surface area contributed by atoms with Gasteiger partial charge in [0.15, 0.2) is 11.6 Å². The predicted molar refractivity (Wildman–Crippen MR) is 151 cm³/mol. The number of anilines is 1. The Hall–Kier alpha value is -3.20. The van der Waals surface area contributed by atoms with Crippen molar-refractivity contribution in [1.29, 1.82) is 0 Å². The van der Waals surface area contributed by atoms with Crippen LogP contribution < -0.4 is 9.64 Å². The van der Waals surface area contributed by atoms with Crippen LogP contribution in [-0.4, -0.2) is 60.9 Å². The Bertz CT molecular complexity index is 1190. The van der Waals surface area contributed by atoms with Crippen molar-refractivity contribution < 1.29 is 28.2 Å². The number of esters is 1. The molecule has 40 heavy (non-hydrogen) atoms. The summed E-state index contributed by atoms with van der Waals surface area (Å²) in [6.45, 7) is 9.99. The molecule has 9 heteroatoms.